The zero-order chi connectivity index (χ0) is 28.3. The molecule has 0 aliphatic carbocycles. The Bertz CT molecular complexity index is 2460. The molecule has 6 aromatic carbocycles. The summed E-state index contributed by atoms with van der Waals surface area (Å²) in [6.45, 7) is 0. The van der Waals surface area contributed by atoms with Crippen molar-refractivity contribution in [3.8, 4) is 11.1 Å². The van der Waals surface area contributed by atoms with E-state index in [9.17, 15) is 0 Å². The van der Waals surface area contributed by atoms with Crippen molar-refractivity contribution in [1.29, 1.82) is 0 Å². The van der Waals surface area contributed by atoms with Crippen LogP contribution in [0.4, 0.5) is 17.2 Å². The number of aromatic nitrogens is 1. The van der Waals surface area contributed by atoms with Crippen LogP contribution in [0.2, 0.25) is 0 Å². The molecule has 0 saturated carbocycles. The van der Waals surface area contributed by atoms with Crippen LogP contribution < -0.4 is 4.90 Å². The molecule has 4 heteroatoms. The van der Waals surface area contributed by atoms with E-state index in [4.69, 9.17) is 9.40 Å². The second kappa shape index (κ2) is 9.55. The molecular weight excluding hydrogens is 545 g/mol. The Morgan fingerprint density at radius 3 is 2.16 bits per heavy atom. The van der Waals surface area contributed by atoms with Crippen molar-refractivity contribution in [2.24, 2.45) is 0 Å². The number of hydrogen-bond acceptors (Lipinski definition) is 4. The van der Waals surface area contributed by atoms with Crippen LogP contribution in [0.1, 0.15) is 0 Å². The molecule has 3 aromatic heterocycles. The minimum atomic E-state index is 0.811. The van der Waals surface area contributed by atoms with Crippen LogP contribution in [0.3, 0.4) is 0 Å². The first kappa shape index (κ1) is 24.2. The van der Waals surface area contributed by atoms with E-state index in [0.717, 1.165) is 39.1 Å². The van der Waals surface area contributed by atoms with Crippen molar-refractivity contribution in [2.75, 3.05) is 4.90 Å². The number of fused-ring (bicyclic) bond motifs is 8. The van der Waals surface area contributed by atoms with Gasteiger partial charge in [0.1, 0.15) is 17.0 Å². The van der Waals surface area contributed by atoms with Crippen LogP contribution in [-0.4, -0.2) is 4.98 Å². The number of nitrogens with zero attached hydrogens (tertiary/aromatic N) is 2. The van der Waals surface area contributed by atoms with Crippen LogP contribution in [-0.2, 0) is 0 Å². The van der Waals surface area contributed by atoms with Gasteiger partial charge in [-0.15, -0.1) is 11.3 Å². The fraction of sp³-hybridized carbons (Fsp3) is 0. The summed E-state index contributed by atoms with van der Waals surface area (Å²) in [5, 5.41) is 6.98. The highest BCUT2D eigenvalue weighted by atomic mass is 32.1. The van der Waals surface area contributed by atoms with Crippen molar-refractivity contribution >= 4 is 81.4 Å². The lowest BCUT2D eigenvalue weighted by Gasteiger charge is -2.25. The number of hydrogen-bond donors (Lipinski definition) is 0. The summed E-state index contributed by atoms with van der Waals surface area (Å²) >= 11 is 1.82. The highest BCUT2D eigenvalue weighted by molar-refractivity contribution is 7.26. The molecule has 0 spiro atoms. The first-order chi connectivity index (χ1) is 21.3. The van der Waals surface area contributed by atoms with Crippen LogP contribution >= 0.6 is 11.3 Å². The quantitative estimate of drug-likeness (QED) is 0.211. The van der Waals surface area contributed by atoms with Gasteiger partial charge in [-0.05, 0) is 58.3 Å². The van der Waals surface area contributed by atoms with Crippen LogP contribution in [0.15, 0.2) is 150 Å². The number of pyridine rings is 1. The molecule has 0 bridgehead atoms. The topological polar surface area (TPSA) is 29.3 Å². The van der Waals surface area contributed by atoms with E-state index in [1.807, 2.05) is 23.6 Å². The Balaban J connectivity index is 1.28. The van der Waals surface area contributed by atoms with Gasteiger partial charge in [0.25, 0.3) is 0 Å². The predicted octanol–water partition coefficient (Wildman–Crippen LogP) is 11.6. The molecule has 0 unspecified atom stereocenters. The largest absolute Gasteiger partial charge is 0.456 e. The van der Waals surface area contributed by atoms with Gasteiger partial charge in [0.2, 0.25) is 0 Å². The Hall–Kier alpha value is -5.45. The van der Waals surface area contributed by atoms with E-state index >= 15 is 0 Å². The van der Waals surface area contributed by atoms with E-state index in [0.29, 0.717) is 0 Å². The lowest BCUT2D eigenvalue weighted by molar-refractivity contribution is 0.669. The molecule has 43 heavy (non-hydrogen) atoms. The number of thiophene rings is 1. The van der Waals surface area contributed by atoms with E-state index in [1.54, 1.807) is 0 Å². The third kappa shape index (κ3) is 3.84. The fourth-order valence-electron chi connectivity index (χ4n) is 6.32. The summed E-state index contributed by atoms with van der Waals surface area (Å²) in [4.78, 5) is 7.38. The SMILES string of the molecule is c1ccc(-c2ccc(N(c3cc4oc5ccc6ccccc6c5c4cn3)c3cccc4sc5ccccc5c34)cc2)cc1. The van der Waals surface area contributed by atoms with Gasteiger partial charge in [-0.25, -0.2) is 4.98 Å². The van der Waals surface area contributed by atoms with E-state index < -0.39 is 0 Å². The molecular formula is C39H24N2OS. The normalized spacial score (nSPS) is 11.7. The molecule has 9 aromatic rings. The maximum Gasteiger partial charge on any atom is 0.141 e. The smallest absolute Gasteiger partial charge is 0.141 e. The monoisotopic (exact) mass is 568 g/mol. The minimum absolute atomic E-state index is 0.811. The first-order valence-electron chi connectivity index (χ1n) is 14.4. The molecule has 0 N–H and O–H groups in total. The first-order valence-corrected chi connectivity index (χ1v) is 15.2. The van der Waals surface area contributed by atoms with Gasteiger partial charge in [-0.1, -0.05) is 97.1 Å². The van der Waals surface area contributed by atoms with E-state index in [-0.39, 0.29) is 0 Å². The average molecular weight is 569 g/mol. The van der Waals surface area contributed by atoms with Gasteiger partial charge in [0.15, 0.2) is 0 Å². The molecule has 0 aliphatic heterocycles. The molecule has 202 valence electrons. The second-order valence-electron chi connectivity index (χ2n) is 10.8. The zero-order valence-electron chi connectivity index (χ0n) is 23.1. The number of benzene rings is 6. The van der Waals surface area contributed by atoms with Crippen LogP contribution in [0, 0.1) is 0 Å². The van der Waals surface area contributed by atoms with Crippen molar-refractivity contribution in [1.82, 2.24) is 4.98 Å². The summed E-state index contributed by atoms with van der Waals surface area (Å²) in [5.74, 6) is 0.811. The standard InChI is InChI=1S/C39H24N2OS/c1-2-9-25(10-3-1)26-17-20-28(21-18-26)41(32-14-8-16-36-39(32)30-13-6-7-15-35(30)43-36)37-23-34-31(24-40-37)38-29-12-5-4-11-27(29)19-22-33(38)42-34/h1-24H. The predicted molar refractivity (Wildman–Crippen MR) is 182 cm³/mol. The summed E-state index contributed by atoms with van der Waals surface area (Å²) in [7, 11) is 0. The fourth-order valence-corrected chi connectivity index (χ4v) is 7.45. The van der Waals surface area contributed by atoms with Gasteiger partial charge >= 0.3 is 0 Å². The van der Waals surface area contributed by atoms with Crippen molar-refractivity contribution < 1.29 is 4.42 Å². The van der Waals surface area contributed by atoms with Crippen LogP contribution in [0.25, 0.3) is 64.0 Å². The Morgan fingerprint density at radius 1 is 0.535 bits per heavy atom. The van der Waals surface area contributed by atoms with Crippen molar-refractivity contribution in [3.05, 3.63) is 146 Å². The lowest BCUT2D eigenvalue weighted by Crippen LogP contribution is -2.11. The van der Waals surface area contributed by atoms with E-state index in [1.165, 1.54) is 42.1 Å². The lowest BCUT2D eigenvalue weighted by atomic mass is 10.0. The molecule has 0 amide bonds. The Labute approximate surface area is 251 Å². The van der Waals surface area contributed by atoms with Crippen LogP contribution in [0.5, 0.6) is 0 Å². The Morgan fingerprint density at radius 2 is 1.28 bits per heavy atom. The second-order valence-corrected chi connectivity index (χ2v) is 11.9. The molecule has 9 rings (SSSR count). The van der Waals surface area contributed by atoms with Crippen molar-refractivity contribution in [2.45, 2.75) is 0 Å². The Kier molecular flexibility index (Phi) is 5.37. The number of furan rings is 1. The average Bonchev–Trinajstić information content (AvgIpc) is 3.64. The van der Waals surface area contributed by atoms with Gasteiger partial charge < -0.3 is 4.42 Å². The molecule has 0 radical (unpaired) electrons. The summed E-state index contributed by atoms with van der Waals surface area (Å²) in [6, 6.07) is 49.2. The number of anilines is 3. The maximum absolute atomic E-state index is 6.48. The molecule has 3 heterocycles. The molecule has 3 nitrogen and oxygen atoms in total. The third-order valence-electron chi connectivity index (χ3n) is 8.31. The molecule has 0 saturated heterocycles. The zero-order valence-corrected chi connectivity index (χ0v) is 23.9. The summed E-state index contributed by atoms with van der Waals surface area (Å²) in [6.07, 6.45) is 1.97. The summed E-state index contributed by atoms with van der Waals surface area (Å²) in [5.41, 5.74) is 6.20. The van der Waals surface area contributed by atoms with Gasteiger partial charge in [-0.3, -0.25) is 4.90 Å². The molecule has 0 fully saturated rings. The van der Waals surface area contributed by atoms with E-state index in [2.05, 4.69) is 138 Å². The highest BCUT2D eigenvalue weighted by Crippen LogP contribution is 2.45. The molecule has 0 aliphatic rings. The highest BCUT2D eigenvalue weighted by Gasteiger charge is 2.21. The van der Waals surface area contributed by atoms with Gasteiger partial charge in [-0.2, -0.15) is 0 Å². The van der Waals surface area contributed by atoms with Gasteiger partial charge in [0.05, 0.1) is 5.69 Å². The van der Waals surface area contributed by atoms with Crippen molar-refractivity contribution in [3.63, 3.8) is 0 Å². The van der Waals surface area contributed by atoms with Gasteiger partial charge in [0, 0.05) is 48.9 Å². The third-order valence-corrected chi connectivity index (χ3v) is 9.45. The molecule has 0 atom stereocenters. The maximum atomic E-state index is 6.48. The summed E-state index contributed by atoms with van der Waals surface area (Å²) < 4.78 is 9.00. The number of rotatable bonds is 4. The minimum Gasteiger partial charge on any atom is -0.456 e.